The number of amides is 2. The first-order valence-corrected chi connectivity index (χ1v) is 7.60. The summed E-state index contributed by atoms with van der Waals surface area (Å²) in [6, 6.07) is 9.37. The van der Waals surface area contributed by atoms with E-state index in [1.165, 1.54) is 0 Å². The van der Waals surface area contributed by atoms with Crippen LogP contribution >= 0.6 is 0 Å². The molecule has 2 amide bonds. The number of fused-ring (bicyclic) bond motifs is 1. The third kappa shape index (κ3) is 2.66. The molecule has 0 saturated carbocycles. The van der Waals surface area contributed by atoms with Crippen molar-refractivity contribution in [1.29, 1.82) is 0 Å². The largest absolute Gasteiger partial charge is 0.353 e. The topological polar surface area (TPSA) is 62.3 Å². The van der Waals surface area contributed by atoms with Gasteiger partial charge in [-0.15, -0.1) is 0 Å². The monoisotopic (exact) mass is 297 g/mol. The molecule has 1 saturated heterocycles. The van der Waals surface area contributed by atoms with Crippen molar-refractivity contribution in [1.82, 2.24) is 15.2 Å². The van der Waals surface area contributed by atoms with Crippen molar-refractivity contribution >= 4 is 22.7 Å². The first-order valence-electron chi connectivity index (χ1n) is 7.60. The van der Waals surface area contributed by atoms with Crippen molar-refractivity contribution in [2.45, 2.75) is 25.8 Å². The lowest BCUT2D eigenvalue weighted by Gasteiger charge is -2.34. The van der Waals surface area contributed by atoms with Gasteiger partial charge in [0.1, 0.15) is 6.04 Å². The van der Waals surface area contributed by atoms with Gasteiger partial charge in [0.25, 0.3) is 0 Å². The molecule has 5 nitrogen and oxygen atoms in total. The summed E-state index contributed by atoms with van der Waals surface area (Å²) >= 11 is 0. The molecule has 1 atom stereocenters. The van der Waals surface area contributed by atoms with Gasteiger partial charge in [-0.3, -0.25) is 14.6 Å². The molecule has 1 aromatic heterocycles. The molecule has 0 aliphatic carbocycles. The molecule has 0 bridgehead atoms. The Labute approximate surface area is 129 Å². The number of piperazine rings is 1. The molecule has 5 heteroatoms. The second kappa shape index (κ2) is 6.13. The maximum Gasteiger partial charge on any atom is 0.242 e. The van der Waals surface area contributed by atoms with Crippen LogP contribution in [-0.4, -0.2) is 40.8 Å². The number of carbonyl (C=O) groups excluding carboxylic acids is 2. The molecular formula is C17H19N3O2. The van der Waals surface area contributed by atoms with Gasteiger partial charge >= 0.3 is 0 Å². The Hall–Kier alpha value is -2.43. The molecule has 114 valence electrons. The smallest absolute Gasteiger partial charge is 0.242 e. The maximum atomic E-state index is 12.6. The molecule has 1 aliphatic rings. The number of nitrogens with one attached hydrogen (secondary N) is 1. The van der Waals surface area contributed by atoms with Gasteiger partial charge in [-0.05, 0) is 18.1 Å². The lowest BCUT2D eigenvalue weighted by Crippen LogP contribution is -2.57. The third-order valence-corrected chi connectivity index (χ3v) is 4.10. The van der Waals surface area contributed by atoms with E-state index >= 15 is 0 Å². The highest BCUT2D eigenvalue weighted by atomic mass is 16.2. The van der Waals surface area contributed by atoms with Gasteiger partial charge in [0.05, 0.1) is 11.9 Å². The van der Waals surface area contributed by atoms with Crippen LogP contribution in [0, 0.1) is 0 Å². The van der Waals surface area contributed by atoms with E-state index in [9.17, 15) is 9.59 Å². The summed E-state index contributed by atoms with van der Waals surface area (Å²) in [5.41, 5.74) is 1.76. The molecule has 0 unspecified atom stereocenters. The van der Waals surface area contributed by atoms with Crippen molar-refractivity contribution < 1.29 is 9.59 Å². The lowest BCUT2D eigenvalue weighted by atomic mass is 10.0. The highest BCUT2D eigenvalue weighted by Crippen LogP contribution is 2.18. The van der Waals surface area contributed by atoms with Crippen molar-refractivity contribution in [3.8, 4) is 0 Å². The van der Waals surface area contributed by atoms with E-state index in [1.807, 2.05) is 37.3 Å². The van der Waals surface area contributed by atoms with Crippen LogP contribution < -0.4 is 5.32 Å². The fourth-order valence-corrected chi connectivity index (χ4v) is 2.99. The minimum absolute atomic E-state index is 0.0140. The van der Waals surface area contributed by atoms with Crippen molar-refractivity contribution in [3.05, 3.63) is 42.1 Å². The average molecular weight is 297 g/mol. The SMILES string of the molecule is CC[C@@H]1C(=O)NCCN1C(=O)Cc1cccc2cccnc12. The van der Waals surface area contributed by atoms with E-state index in [1.54, 1.807) is 11.1 Å². The lowest BCUT2D eigenvalue weighted by molar-refractivity contribution is -0.142. The number of hydrogen-bond donors (Lipinski definition) is 1. The Morgan fingerprint density at radius 1 is 1.36 bits per heavy atom. The molecule has 1 aliphatic heterocycles. The van der Waals surface area contributed by atoms with Crippen molar-refractivity contribution in [3.63, 3.8) is 0 Å². The third-order valence-electron chi connectivity index (χ3n) is 4.10. The van der Waals surface area contributed by atoms with Gasteiger partial charge in [0.15, 0.2) is 0 Å². The van der Waals surface area contributed by atoms with E-state index < -0.39 is 0 Å². The summed E-state index contributed by atoms with van der Waals surface area (Å²) in [5, 5.41) is 3.84. The highest BCUT2D eigenvalue weighted by molar-refractivity contribution is 5.92. The van der Waals surface area contributed by atoms with Crippen LogP contribution in [0.25, 0.3) is 10.9 Å². The van der Waals surface area contributed by atoms with Gasteiger partial charge in [0, 0.05) is 24.7 Å². The normalized spacial score (nSPS) is 18.3. The summed E-state index contributed by atoms with van der Waals surface area (Å²) < 4.78 is 0. The first-order chi connectivity index (χ1) is 10.7. The molecular weight excluding hydrogens is 278 g/mol. The Morgan fingerprint density at radius 2 is 2.18 bits per heavy atom. The van der Waals surface area contributed by atoms with Gasteiger partial charge < -0.3 is 10.2 Å². The Morgan fingerprint density at radius 3 is 3.00 bits per heavy atom. The van der Waals surface area contributed by atoms with Crippen LogP contribution in [0.15, 0.2) is 36.5 Å². The summed E-state index contributed by atoms with van der Waals surface area (Å²) in [6.45, 7) is 3.02. The number of aromatic nitrogens is 1. The highest BCUT2D eigenvalue weighted by Gasteiger charge is 2.31. The molecule has 1 aromatic carbocycles. The Balaban J connectivity index is 1.85. The van der Waals surface area contributed by atoms with Crippen LogP contribution in [0.5, 0.6) is 0 Å². The molecule has 0 spiro atoms. The zero-order valence-electron chi connectivity index (χ0n) is 12.6. The van der Waals surface area contributed by atoms with Crippen molar-refractivity contribution in [2.24, 2.45) is 0 Å². The predicted octanol–water partition coefficient (Wildman–Crippen LogP) is 1.51. The number of benzene rings is 1. The zero-order chi connectivity index (χ0) is 15.5. The molecule has 22 heavy (non-hydrogen) atoms. The number of hydrogen-bond acceptors (Lipinski definition) is 3. The fourth-order valence-electron chi connectivity index (χ4n) is 2.99. The molecule has 3 rings (SSSR count). The van der Waals surface area contributed by atoms with Crippen LogP contribution in [0.3, 0.4) is 0 Å². The standard InChI is InChI=1S/C17H19N3O2/c1-2-14-17(22)19-9-10-20(14)15(21)11-13-6-3-5-12-7-4-8-18-16(12)13/h3-8,14H,2,9-11H2,1H3,(H,19,22)/t14-/m1/s1. The van der Waals surface area contributed by atoms with E-state index in [-0.39, 0.29) is 24.3 Å². The summed E-state index contributed by atoms with van der Waals surface area (Å²) in [4.78, 5) is 30.6. The molecule has 1 fully saturated rings. The molecule has 2 heterocycles. The number of para-hydroxylation sites is 1. The number of carbonyl (C=O) groups is 2. The number of rotatable bonds is 3. The van der Waals surface area contributed by atoms with Gasteiger partial charge in [0.2, 0.25) is 11.8 Å². The molecule has 2 aromatic rings. The Kier molecular flexibility index (Phi) is 4.04. The molecule has 0 radical (unpaired) electrons. The fraction of sp³-hybridized carbons (Fsp3) is 0.353. The second-order valence-corrected chi connectivity index (χ2v) is 5.47. The van der Waals surface area contributed by atoms with Gasteiger partial charge in [-0.2, -0.15) is 0 Å². The quantitative estimate of drug-likeness (QED) is 0.934. The Bertz CT molecular complexity index is 709. The maximum absolute atomic E-state index is 12.6. The average Bonchev–Trinajstić information content (AvgIpc) is 2.55. The van der Waals surface area contributed by atoms with Crippen molar-refractivity contribution in [2.75, 3.05) is 13.1 Å². The summed E-state index contributed by atoms with van der Waals surface area (Å²) in [6.07, 6.45) is 2.64. The number of nitrogens with zero attached hydrogens (tertiary/aromatic N) is 2. The molecule has 1 N–H and O–H groups in total. The van der Waals surface area contributed by atoms with E-state index in [0.717, 1.165) is 16.5 Å². The van der Waals surface area contributed by atoms with Gasteiger partial charge in [-0.25, -0.2) is 0 Å². The minimum Gasteiger partial charge on any atom is -0.353 e. The second-order valence-electron chi connectivity index (χ2n) is 5.47. The van der Waals surface area contributed by atoms with Gasteiger partial charge in [-0.1, -0.05) is 31.2 Å². The van der Waals surface area contributed by atoms with E-state index in [0.29, 0.717) is 19.5 Å². The zero-order valence-corrected chi connectivity index (χ0v) is 12.6. The minimum atomic E-state index is -0.357. The van der Waals surface area contributed by atoms with Crippen LogP contribution in [0.2, 0.25) is 0 Å². The first kappa shape index (κ1) is 14.5. The van der Waals surface area contributed by atoms with Crippen LogP contribution in [-0.2, 0) is 16.0 Å². The van der Waals surface area contributed by atoms with Crippen LogP contribution in [0.1, 0.15) is 18.9 Å². The predicted molar refractivity (Wildman–Crippen MR) is 84.2 cm³/mol. The number of pyridine rings is 1. The summed E-state index contributed by atoms with van der Waals surface area (Å²) in [7, 11) is 0. The van der Waals surface area contributed by atoms with E-state index in [4.69, 9.17) is 0 Å². The van der Waals surface area contributed by atoms with E-state index in [2.05, 4.69) is 10.3 Å². The van der Waals surface area contributed by atoms with Crippen LogP contribution in [0.4, 0.5) is 0 Å². The summed E-state index contributed by atoms with van der Waals surface area (Å²) in [5.74, 6) is -0.0713.